The van der Waals surface area contributed by atoms with E-state index in [1.54, 1.807) is 14.0 Å². The highest BCUT2D eigenvalue weighted by Gasteiger charge is 2.23. The van der Waals surface area contributed by atoms with Crippen LogP contribution in [-0.2, 0) is 9.47 Å². The van der Waals surface area contributed by atoms with Crippen LogP contribution in [0.15, 0.2) is 17.9 Å². The summed E-state index contributed by atoms with van der Waals surface area (Å²) in [6.07, 6.45) is -0.437. The highest BCUT2D eigenvalue weighted by Crippen LogP contribution is 2.44. The summed E-state index contributed by atoms with van der Waals surface area (Å²) >= 11 is 13.4. The number of benzene rings is 1. The van der Waals surface area contributed by atoms with Crippen LogP contribution in [0.4, 0.5) is 0 Å². The summed E-state index contributed by atoms with van der Waals surface area (Å²) in [6, 6.07) is 0. The first-order chi connectivity index (χ1) is 9.32. The molecule has 0 spiro atoms. The van der Waals surface area contributed by atoms with Crippen LogP contribution in [0.3, 0.4) is 0 Å². The number of hydrogen-bond acceptors (Lipinski definition) is 4. The van der Waals surface area contributed by atoms with Gasteiger partial charge in [0.25, 0.3) is 0 Å². The summed E-state index contributed by atoms with van der Waals surface area (Å²) in [4.78, 5) is 11.4. The molecule has 0 fully saturated rings. The molecule has 1 aromatic carbocycles. The third-order valence-corrected chi connectivity index (χ3v) is 7.37. The number of halogens is 4. The number of hydrogen-bond donors (Lipinski definition) is 0. The van der Waals surface area contributed by atoms with Crippen LogP contribution in [-0.4, -0.2) is 26.3 Å². The lowest BCUT2D eigenvalue weighted by Crippen LogP contribution is -2.26. The van der Waals surface area contributed by atoms with Crippen molar-refractivity contribution in [1.29, 1.82) is 0 Å². The number of ether oxygens (including phenoxy) is 2. The van der Waals surface area contributed by atoms with Gasteiger partial charge in [-0.1, -0.05) is 0 Å². The highest BCUT2D eigenvalue weighted by atomic mass is 79.9. The zero-order chi connectivity index (χ0) is 15.4. The minimum Gasteiger partial charge on any atom is -0.545 e. The topological polar surface area (TPSA) is 58.6 Å². The Balaban J connectivity index is 3.32. The first kappa shape index (κ1) is 18.6. The molecule has 0 bridgehead atoms. The molecule has 1 rings (SSSR count). The Hall–Kier alpha value is 0.530. The van der Waals surface area contributed by atoms with Gasteiger partial charge in [-0.25, -0.2) is 0 Å². The third-order valence-electron chi connectivity index (χ3n) is 2.57. The Bertz CT molecular complexity index is 519. The molecule has 0 radical (unpaired) electrons. The highest BCUT2D eigenvalue weighted by molar-refractivity contribution is 9.15. The summed E-state index contributed by atoms with van der Waals surface area (Å²) in [7, 11) is 1.57. The number of carboxylic acid groups (broad SMARTS) is 1. The Morgan fingerprint density at radius 2 is 1.65 bits per heavy atom. The molecule has 1 atom stereocenters. The molecular formula is C12H11Br4O4-. The van der Waals surface area contributed by atoms with Gasteiger partial charge in [-0.15, -0.1) is 0 Å². The zero-order valence-corrected chi connectivity index (χ0v) is 17.0. The van der Waals surface area contributed by atoms with Crippen molar-refractivity contribution in [2.45, 2.75) is 13.0 Å². The fourth-order valence-electron chi connectivity index (χ4n) is 1.62. The molecule has 0 amide bonds. The van der Waals surface area contributed by atoms with E-state index in [1.807, 2.05) is 0 Å². The van der Waals surface area contributed by atoms with Gasteiger partial charge in [-0.2, -0.15) is 0 Å². The van der Waals surface area contributed by atoms with Crippen LogP contribution in [0.25, 0.3) is 0 Å². The number of rotatable bonds is 6. The Morgan fingerprint density at radius 3 is 2.15 bits per heavy atom. The van der Waals surface area contributed by atoms with Gasteiger partial charge in [0.1, 0.15) is 0 Å². The quantitative estimate of drug-likeness (QED) is 0.314. The second kappa shape index (κ2) is 8.24. The number of carboxylic acids is 1. The van der Waals surface area contributed by atoms with Crippen LogP contribution >= 0.6 is 63.7 Å². The maximum Gasteiger partial charge on any atom is 0.0816 e. The Kier molecular flexibility index (Phi) is 7.65. The molecule has 8 heteroatoms. The monoisotopic (exact) mass is 535 g/mol. The van der Waals surface area contributed by atoms with Gasteiger partial charge in [0, 0.05) is 36.1 Å². The molecule has 0 saturated heterocycles. The number of carbonyl (C=O) groups excluding carboxylic acids is 1. The van der Waals surface area contributed by atoms with Gasteiger partial charge in [0.2, 0.25) is 0 Å². The van der Waals surface area contributed by atoms with Crippen molar-refractivity contribution >= 4 is 69.7 Å². The van der Waals surface area contributed by atoms with E-state index in [9.17, 15) is 9.90 Å². The van der Waals surface area contributed by atoms with Crippen molar-refractivity contribution in [2.24, 2.45) is 0 Å². The molecule has 0 aliphatic carbocycles. The SMILES string of the molecule is COCCOC(C)c1c(Br)c(Br)c(Br)c(Br)c1C(=O)[O-]. The van der Waals surface area contributed by atoms with Crippen LogP contribution in [0.5, 0.6) is 0 Å². The van der Waals surface area contributed by atoms with Crippen molar-refractivity contribution in [3.8, 4) is 0 Å². The lowest BCUT2D eigenvalue weighted by Gasteiger charge is -2.23. The van der Waals surface area contributed by atoms with E-state index in [4.69, 9.17) is 9.47 Å². The summed E-state index contributed by atoms with van der Waals surface area (Å²) in [5, 5.41) is 11.4. The summed E-state index contributed by atoms with van der Waals surface area (Å²) in [6.45, 7) is 2.57. The molecule has 1 unspecified atom stereocenters. The molecular weight excluding hydrogens is 528 g/mol. The Morgan fingerprint density at radius 1 is 1.10 bits per heavy atom. The van der Waals surface area contributed by atoms with Crippen molar-refractivity contribution in [1.82, 2.24) is 0 Å². The van der Waals surface area contributed by atoms with E-state index in [2.05, 4.69) is 63.7 Å². The largest absolute Gasteiger partial charge is 0.545 e. The van der Waals surface area contributed by atoms with E-state index in [-0.39, 0.29) is 5.56 Å². The lowest BCUT2D eigenvalue weighted by molar-refractivity contribution is -0.255. The van der Waals surface area contributed by atoms with Gasteiger partial charge in [0.15, 0.2) is 0 Å². The first-order valence-electron chi connectivity index (χ1n) is 5.50. The maximum atomic E-state index is 11.4. The minimum atomic E-state index is -1.28. The van der Waals surface area contributed by atoms with Crippen molar-refractivity contribution in [3.63, 3.8) is 0 Å². The van der Waals surface area contributed by atoms with Crippen LogP contribution < -0.4 is 5.11 Å². The standard InChI is InChI=1S/C12H12Br4O4/c1-5(20-4-3-19-2)6-7(12(17)18)9(14)11(16)10(15)8(6)13/h5H,3-4H2,1-2H3,(H,17,18)/p-1. The number of methoxy groups -OCH3 is 1. The fraction of sp³-hybridized carbons (Fsp3) is 0.417. The van der Waals surface area contributed by atoms with Crippen LogP contribution in [0.2, 0.25) is 0 Å². The number of aromatic carboxylic acids is 1. The molecule has 4 nitrogen and oxygen atoms in total. The molecule has 0 aliphatic heterocycles. The predicted molar refractivity (Wildman–Crippen MR) is 87.8 cm³/mol. The van der Waals surface area contributed by atoms with E-state index < -0.39 is 12.1 Å². The molecule has 112 valence electrons. The number of carbonyl (C=O) groups is 1. The summed E-state index contributed by atoms with van der Waals surface area (Å²) in [5.41, 5.74) is 0.555. The Labute approximate surface area is 150 Å². The lowest BCUT2D eigenvalue weighted by atomic mass is 10.0. The average Bonchev–Trinajstić information content (AvgIpc) is 2.39. The maximum absolute atomic E-state index is 11.4. The normalized spacial score (nSPS) is 12.5. The second-order valence-corrected chi connectivity index (χ2v) is 7.01. The molecule has 20 heavy (non-hydrogen) atoms. The van der Waals surface area contributed by atoms with Gasteiger partial charge < -0.3 is 19.4 Å². The van der Waals surface area contributed by atoms with E-state index in [0.29, 0.717) is 36.7 Å². The predicted octanol–water partition coefficient (Wildman–Crippen LogP) is 3.82. The second-order valence-electron chi connectivity index (χ2n) is 3.84. The van der Waals surface area contributed by atoms with Gasteiger partial charge in [-0.05, 0) is 70.6 Å². The van der Waals surface area contributed by atoms with Crippen LogP contribution in [0.1, 0.15) is 28.9 Å². The first-order valence-corrected chi connectivity index (χ1v) is 8.67. The van der Waals surface area contributed by atoms with Crippen LogP contribution in [0, 0.1) is 0 Å². The van der Waals surface area contributed by atoms with Crippen molar-refractivity contribution in [3.05, 3.63) is 29.0 Å². The van der Waals surface area contributed by atoms with E-state index in [0.717, 1.165) is 0 Å². The van der Waals surface area contributed by atoms with Gasteiger partial charge in [-0.3, -0.25) is 0 Å². The minimum absolute atomic E-state index is 0.0527. The smallest absolute Gasteiger partial charge is 0.0816 e. The molecule has 1 aromatic rings. The van der Waals surface area contributed by atoms with Gasteiger partial charge in [0.05, 0.1) is 25.3 Å². The van der Waals surface area contributed by atoms with E-state index in [1.165, 1.54) is 0 Å². The summed E-state index contributed by atoms with van der Waals surface area (Å²) < 4.78 is 12.8. The van der Waals surface area contributed by atoms with Gasteiger partial charge >= 0.3 is 0 Å². The molecule has 0 heterocycles. The van der Waals surface area contributed by atoms with E-state index >= 15 is 0 Å². The average molecular weight is 539 g/mol. The fourth-order valence-corrected chi connectivity index (χ4v) is 4.25. The molecule has 0 N–H and O–H groups in total. The zero-order valence-electron chi connectivity index (χ0n) is 10.6. The summed E-state index contributed by atoms with van der Waals surface area (Å²) in [5.74, 6) is -1.28. The molecule has 0 aromatic heterocycles. The molecule has 0 aliphatic rings. The third kappa shape index (κ3) is 4.04. The van der Waals surface area contributed by atoms with Crippen molar-refractivity contribution in [2.75, 3.05) is 20.3 Å². The molecule has 0 saturated carbocycles. The van der Waals surface area contributed by atoms with Crippen molar-refractivity contribution < 1.29 is 19.4 Å².